The van der Waals surface area contributed by atoms with E-state index >= 15 is 0 Å². The number of carbonyl (C=O) groups excluding carboxylic acids is 1. The van der Waals surface area contributed by atoms with Crippen molar-refractivity contribution in [1.82, 2.24) is 9.97 Å². The summed E-state index contributed by atoms with van der Waals surface area (Å²) in [6.45, 7) is 1.49. The summed E-state index contributed by atoms with van der Waals surface area (Å²) in [5, 5.41) is 13.1. The molecule has 2 aromatic heterocycles. The van der Waals surface area contributed by atoms with Crippen molar-refractivity contribution in [3.05, 3.63) is 48.8 Å². The number of aromatic nitrogens is 2. The largest absolute Gasteiger partial charge is 0.391 e. The van der Waals surface area contributed by atoms with Crippen molar-refractivity contribution in [3.63, 3.8) is 0 Å². The number of pyridine rings is 1. The third kappa shape index (κ3) is 3.08. The van der Waals surface area contributed by atoms with Crippen LogP contribution in [0.2, 0.25) is 0 Å². The van der Waals surface area contributed by atoms with Crippen LogP contribution >= 0.6 is 0 Å². The van der Waals surface area contributed by atoms with E-state index < -0.39 is 18.1 Å². The highest BCUT2D eigenvalue weighted by Crippen LogP contribution is 2.27. The van der Waals surface area contributed by atoms with Crippen molar-refractivity contribution in [2.24, 2.45) is 5.73 Å². The van der Waals surface area contributed by atoms with Gasteiger partial charge in [-0.15, -0.1) is 0 Å². The van der Waals surface area contributed by atoms with Gasteiger partial charge >= 0.3 is 0 Å². The summed E-state index contributed by atoms with van der Waals surface area (Å²) in [5.74, 6) is -0.412. The van der Waals surface area contributed by atoms with Crippen molar-refractivity contribution < 1.29 is 9.90 Å². The highest BCUT2D eigenvalue weighted by Gasteiger charge is 2.18. The number of hydrogen-bond donors (Lipinski definition) is 4. The third-order valence-electron chi connectivity index (χ3n) is 3.75. The topological polar surface area (TPSA) is 104 Å². The highest BCUT2D eigenvalue weighted by atomic mass is 16.3. The van der Waals surface area contributed by atoms with Gasteiger partial charge in [0.25, 0.3) is 0 Å². The number of carbonyl (C=O) groups is 1. The number of nitrogens with one attached hydrogen (secondary N) is 2. The highest BCUT2D eigenvalue weighted by molar-refractivity contribution is 5.96. The number of benzene rings is 1. The number of aromatic amines is 1. The lowest BCUT2D eigenvalue weighted by Crippen LogP contribution is -2.43. The number of nitrogens with zero attached hydrogens (tertiary/aromatic N) is 1. The molecule has 118 valence electrons. The Hall–Kier alpha value is -2.70. The molecule has 1 amide bonds. The zero-order valence-corrected chi connectivity index (χ0v) is 12.7. The SMILES string of the molecule is CC(O)[C@H](N)C(=O)Nc1ccc(-c2ccnc3[nH]ccc23)cc1. The van der Waals surface area contributed by atoms with E-state index in [1.54, 1.807) is 18.3 Å². The Morgan fingerprint density at radius 2 is 2.00 bits per heavy atom. The van der Waals surface area contributed by atoms with Crippen LogP contribution in [0.5, 0.6) is 0 Å². The van der Waals surface area contributed by atoms with Gasteiger partial charge in [0.1, 0.15) is 11.7 Å². The zero-order valence-electron chi connectivity index (χ0n) is 12.7. The predicted molar refractivity (Wildman–Crippen MR) is 89.8 cm³/mol. The molecule has 0 radical (unpaired) electrons. The fraction of sp³-hybridized carbons (Fsp3) is 0.176. The summed E-state index contributed by atoms with van der Waals surface area (Å²) in [6, 6.07) is 10.4. The van der Waals surface area contributed by atoms with Crippen LogP contribution in [0.25, 0.3) is 22.2 Å². The second-order valence-electron chi connectivity index (χ2n) is 5.43. The minimum atomic E-state index is -0.950. The molecule has 2 atom stereocenters. The molecule has 6 nitrogen and oxygen atoms in total. The Labute approximate surface area is 133 Å². The Bertz CT molecular complexity index is 824. The monoisotopic (exact) mass is 310 g/mol. The number of rotatable bonds is 4. The molecular weight excluding hydrogens is 292 g/mol. The Kier molecular flexibility index (Phi) is 4.10. The van der Waals surface area contributed by atoms with Gasteiger partial charge in [-0.05, 0) is 42.3 Å². The molecule has 0 aliphatic carbocycles. The van der Waals surface area contributed by atoms with Crippen molar-refractivity contribution in [2.45, 2.75) is 19.1 Å². The van der Waals surface area contributed by atoms with Gasteiger partial charge in [0.2, 0.25) is 5.91 Å². The Balaban J connectivity index is 1.83. The van der Waals surface area contributed by atoms with Gasteiger partial charge < -0.3 is 21.1 Å². The normalized spacial score (nSPS) is 13.7. The van der Waals surface area contributed by atoms with Crippen molar-refractivity contribution in [3.8, 4) is 11.1 Å². The quantitative estimate of drug-likeness (QED) is 0.590. The smallest absolute Gasteiger partial charge is 0.243 e. The van der Waals surface area contributed by atoms with E-state index in [2.05, 4.69) is 15.3 Å². The van der Waals surface area contributed by atoms with Crippen LogP contribution in [0, 0.1) is 0 Å². The maximum atomic E-state index is 11.8. The average Bonchev–Trinajstić information content (AvgIpc) is 3.03. The van der Waals surface area contributed by atoms with Crippen molar-refractivity contribution in [1.29, 1.82) is 0 Å². The lowest BCUT2D eigenvalue weighted by molar-refractivity contribution is -0.119. The molecule has 1 aromatic carbocycles. The number of fused-ring (bicyclic) bond motifs is 1. The minimum Gasteiger partial charge on any atom is -0.391 e. The van der Waals surface area contributed by atoms with Crippen molar-refractivity contribution >= 4 is 22.6 Å². The fourth-order valence-electron chi connectivity index (χ4n) is 2.39. The third-order valence-corrected chi connectivity index (χ3v) is 3.75. The molecule has 0 aliphatic heterocycles. The minimum absolute atomic E-state index is 0.412. The summed E-state index contributed by atoms with van der Waals surface area (Å²) in [5.41, 5.74) is 9.16. The van der Waals surface area contributed by atoms with E-state index in [4.69, 9.17) is 5.73 Å². The first-order valence-electron chi connectivity index (χ1n) is 7.33. The van der Waals surface area contributed by atoms with Crippen LogP contribution in [0.4, 0.5) is 5.69 Å². The van der Waals surface area contributed by atoms with E-state index in [1.807, 2.05) is 30.5 Å². The summed E-state index contributed by atoms with van der Waals surface area (Å²) in [4.78, 5) is 19.2. The molecular formula is C17H18N4O2. The second kappa shape index (κ2) is 6.20. The molecule has 0 saturated carbocycles. The molecule has 0 fully saturated rings. The Morgan fingerprint density at radius 3 is 2.70 bits per heavy atom. The van der Waals surface area contributed by atoms with Crippen LogP contribution in [0.1, 0.15) is 6.92 Å². The van der Waals surface area contributed by atoms with Gasteiger partial charge in [-0.1, -0.05) is 12.1 Å². The van der Waals surface area contributed by atoms with E-state index in [1.165, 1.54) is 6.92 Å². The molecule has 6 heteroatoms. The van der Waals surface area contributed by atoms with Gasteiger partial charge in [0, 0.05) is 23.5 Å². The molecule has 5 N–H and O–H groups in total. The molecule has 2 heterocycles. The van der Waals surface area contributed by atoms with Crippen LogP contribution < -0.4 is 11.1 Å². The second-order valence-corrected chi connectivity index (χ2v) is 5.43. The van der Waals surface area contributed by atoms with E-state index in [0.717, 1.165) is 22.2 Å². The number of amides is 1. The first-order chi connectivity index (χ1) is 11.1. The van der Waals surface area contributed by atoms with E-state index in [9.17, 15) is 9.90 Å². The van der Waals surface area contributed by atoms with Crippen LogP contribution in [-0.2, 0) is 4.79 Å². The van der Waals surface area contributed by atoms with Gasteiger partial charge in [-0.3, -0.25) is 4.79 Å². The molecule has 0 saturated heterocycles. The molecule has 0 aliphatic rings. The van der Waals surface area contributed by atoms with Crippen LogP contribution in [-0.4, -0.2) is 33.1 Å². The molecule has 3 aromatic rings. The summed E-state index contributed by atoms with van der Waals surface area (Å²) in [7, 11) is 0. The average molecular weight is 310 g/mol. The number of aliphatic hydroxyl groups excluding tert-OH is 1. The van der Waals surface area contributed by atoms with Gasteiger partial charge in [-0.25, -0.2) is 4.98 Å². The zero-order chi connectivity index (χ0) is 16.4. The summed E-state index contributed by atoms with van der Waals surface area (Å²) < 4.78 is 0. The van der Waals surface area contributed by atoms with E-state index in [0.29, 0.717) is 5.69 Å². The summed E-state index contributed by atoms with van der Waals surface area (Å²) >= 11 is 0. The molecule has 23 heavy (non-hydrogen) atoms. The fourth-order valence-corrected chi connectivity index (χ4v) is 2.39. The lowest BCUT2D eigenvalue weighted by Gasteiger charge is -2.14. The number of nitrogens with two attached hydrogens (primary N) is 1. The Morgan fingerprint density at radius 1 is 1.26 bits per heavy atom. The van der Waals surface area contributed by atoms with Gasteiger partial charge in [0.05, 0.1) is 6.10 Å². The predicted octanol–water partition coefficient (Wildman–Crippen LogP) is 1.88. The molecule has 3 rings (SSSR count). The maximum Gasteiger partial charge on any atom is 0.243 e. The number of hydrogen-bond acceptors (Lipinski definition) is 4. The molecule has 0 bridgehead atoms. The first-order valence-corrected chi connectivity index (χ1v) is 7.33. The lowest BCUT2D eigenvalue weighted by atomic mass is 10.0. The van der Waals surface area contributed by atoms with Crippen molar-refractivity contribution in [2.75, 3.05) is 5.32 Å². The molecule has 0 spiro atoms. The van der Waals surface area contributed by atoms with Crippen LogP contribution in [0.3, 0.4) is 0 Å². The molecule has 1 unspecified atom stereocenters. The number of H-pyrrole nitrogens is 1. The van der Waals surface area contributed by atoms with Gasteiger partial charge in [0.15, 0.2) is 0 Å². The first kappa shape index (κ1) is 15.2. The standard InChI is InChI=1S/C17H18N4O2/c1-10(22)15(18)17(23)21-12-4-2-11(3-5-12)13-6-8-19-16-14(13)7-9-20-16/h2-10,15,22H,18H2,1H3,(H,19,20)(H,21,23)/t10?,15-/m0/s1. The number of anilines is 1. The van der Waals surface area contributed by atoms with E-state index in [-0.39, 0.29) is 0 Å². The maximum absolute atomic E-state index is 11.8. The summed E-state index contributed by atoms with van der Waals surface area (Å²) in [6.07, 6.45) is 2.71. The van der Waals surface area contributed by atoms with Crippen LogP contribution in [0.15, 0.2) is 48.8 Å². The van der Waals surface area contributed by atoms with Gasteiger partial charge in [-0.2, -0.15) is 0 Å². The number of aliphatic hydroxyl groups is 1.